The molecule has 1 aliphatic rings. The number of thiol groups is 1. The zero-order chi connectivity index (χ0) is 15.0. The number of nitrogens with zero attached hydrogens (tertiary/aromatic N) is 1. The summed E-state index contributed by atoms with van der Waals surface area (Å²) in [4.78, 5) is 24.6. The van der Waals surface area contributed by atoms with Crippen LogP contribution in [-0.4, -0.2) is 43.9 Å². The summed E-state index contributed by atoms with van der Waals surface area (Å²) >= 11 is 3.53. The lowest BCUT2D eigenvalue weighted by atomic mass is 10.0. The Hall–Kier alpha value is -1.63. The van der Waals surface area contributed by atoms with E-state index in [1.165, 1.54) is 14.2 Å². The third-order valence-corrected chi connectivity index (χ3v) is 2.52. The van der Waals surface area contributed by atoms with Gasteiger partial charge in [0, 0.05) is 19.2 Å². The van der Waals surface area contributed by atoms with Crippen molar-refractivity contribution >= 4 is 24.6 Å². The third-order valence-electron chi connectivity index (χ3n) is 2.52. The van der Waals surface area contributed by atoms with Crippen LogP contribution in [0.1, 0.15) is 13.3 Å². The fourth-order valence-electron chi connectivity index (χ4n) is 1.58. The quantitative estimate of drug-likeness (QED) is 0.586. The lowest BCUT2D eigenvalue weighted by Gasteiger charge is -2.26. The molecule has 0 atom stereocenters. The molecule has 0 bridgehead atoms. The van der Waals surface area contributed by atoms with Crippen LogP contribution < -0.4 is 5.73 Å². The molecule has 7 heteroatoms. The molecule has 1 aliphatic heterocycles. The van der Waals surface area contributed by atoms with Crippen LogP contribution in [0.3, 0.4) is 0 Å². The average molecular weight is 288 g/mol. The van der Waals surface area contributed by atoms with Crippen molar-refractivity contribution in [1.82, 2.24) is 4.90 Å². The van der Waals surface area contributed by atoms with Gasteiger partial charge in [-0.05, 0) is 13.2 Å². The van der Waals surface area contributed by atoms with Crippen LogP contribution in [0.2, 0.25) is 0 Å². The first-order chi connectivity index (χ1) is 9.04. The molecule has 0 saturated carbocycles. The Morgan fingerprint density at radius 2 is 1.84 bits per heavy atom. The van der Waals surface area contributed by atoms with Gasteiger partial charge in [0.1, 0.15) is 5.82 Å². The predicted molar refractivity (Wildman–Crippen MR) is 75.2 cm³/mol. The van der Waals surface area contributed by atoms with Crippen molar-refractivity contribution in [3.05, 3.63) is 23.2 Å². The Kier molecular flexibility index (Phi) is 7.74. The van der Waals surface area contributed by atoms with Crippen LogP contribution in [0.4, 0.5) is 0 Å². The number of hydrogen-bond donors (Lipinski definition) is 2. The highest BCUT2D eigenvalue weighted by Crippen LogP contribution is 2.24. The van der Waals surface area contributed by atoms with Gasteiger partial charge in [-0.25, -0.2) is 9.59 Å². The van der Waals surface area contributed by atoms with Crippen molar-refractivity contribution < 1.29 is 19.1 Å². The minimum absolute atomic E-state index is 0.127. The van der Waals surface area contributed by atoms with Gasteiger partial charge in [-0.3, -0.25) is 0 Å². The molecule has 6 nitrogen and oxygen atoms in total. The summed E-state index contributed by atoms with van der Waals surface area (Å²) in [7, 11) is 2.56. The number of hydrogen-bond acceptors (Lipinski definition) is 7. The summed E-state index contributed by atoms with van der Waals surface area (Å²) in [6, 6.07) is 0. The van der Waals surface area contributed by atoms with E-state index in [2.05, 4.69) is 22.1 Å². The van der Waals surface area contributed by atoms with Gasteiger partial charge in [0.2, 0.25) is 0 Å². The molecule has 0 aromatic heterocycles. The lowest BCUT2D eigenvalue weighted by molar-refractivity contribution is -0.137. The molecular weight excluding hydrogens is 268 g/mol. The number of carbonyl (C=O) groups excluding carboxylic acids is 2. The van der Waals surface area contributed by atoms with Crippen molar-refractivity contribution in [2.75, 3.05) is 27.0 Å². The molecule has 0 amide bonds. The van der Waals surface area contributed by atoms with Gasteiger partial charge >= 0.3 is 11.9 Å². The first-order valence-electron chi connectivity index (χ1n) is 5.62. The van der Waals surface area contributed by atoms with E-state index in [9.17, 15) is 9.59 Å². The Morgan fingerprint density at radius 1 is 1.32 bits per heavy atom. The molecule has 1 heterocycles. The standard InChI is InChI=1S/C11H16N2O4.CH4S/c1-4-13-6-7(10(14)16-2)5-8(9(13)12)11(15)17-3;1-2/h6H,4-5,12H2,1-3H3;2H,1H3. The highest BCUT2D eigenvalue weighted by Gasteiger charge is 2.27. The number of carbonyl (C=O) groups is 2. The van der Waals surface area contributed by atoms with Crippen LogP contribution in [0.5, 0.6) is 0 Å². The highest BCUT2D eigenvalue weighted by atomic mass is 32.1. The fraction of sp³-hybridized carbons (Fsp3) is 0.500. The maximum atomic E-state index is 11.5. The van der Waals surface area contributed by atoms with Crippen LogP contribution in [-0.2, 0) is 19.1 Å². The second-order valence-corrected chi connectivity index (χ2v) is 3.46. The predicted octanol–water partition coefficient (Wildman–Crippen LogP) is 0.658. The summed E-state index contributed by atoms with van der Waals surface area (Å²) < 4.78 is 9.26. The van der Waals surface area contributed by atoms with Crippen LogP contribution in [0, 0.1) is 0 Å². The molecule has 0 aromatic rings. The minimum Gasteiger partial charge on any atom is -0.466 e. The van der Waals surface area contributed by atoms with Gasteiger partial charge in [0.05, 0.1) is 25.4 Å². The molecule has 0 aromatic carbocycles. The van der Waals surface area contributed by atoms with E-state index in [1.807, 2.05) is 6.92 Å². The molecule has 19 heavy (non-hydrogen) atoms. The lowest BCUT2D eigenvalue weighted by Crippen LogP contribution is -2.31. The van der Waals surface area contributed by atoms with E-state index in [1.54, 1.807) is 17.4 Å². The van der Waals surface area contributed by atoms with Crippen LogP contribution >= 0.6 is 12.6 Å². The van der Waals surface area contributed by atoms with Crippen molar-refractivity contribution in [1.29, 1.82) is 0 Å². The Balaban J connectivity index is 0.00000154. The summed E-state index contributed by atoms with van der Waals surface area (Å²) in [6.45, 7) is 2.41. The van der Waals surface area contributed by atoms with Gasteiger partial charge in [0.15, 0.2) is 0 Å². The van der Waals surface area contributed by atoms with E-state index in [-0.39, 0.29) is 12.0 Å². The molecule has 0 saturated heterocycles. The zero-order valence-corrected chi connectivity index (χ0v) is 12.5. The summed E-state index contributed by atoms with van der Waals surface area (Å²) in [5.41, 5.74) is 6.48. The smallest absolute Gasteiger partial charge is 0.337 e. The average Bonchev–Trinajstić information content (AvgIpc) is 2.47. The Bertz CT molecular complexity index is 405. The third kappa shape index (κ3) is 4.20. The second-order valence-electron chi connectivity index (χ2n) is 3.46. The van der Waals surface area contributed by atoms with E-state index in [0.29, 0.717) is 17.9 Å². The van der Waals surface area contributed by atoms with Gasteiger partial charge < -0.3 is 20.1 Å². The Labute approximate surface area is 118 Å². The molecule has 0 aliphatic carbocycles. The first kappa shape index (κ1) is 17.4. The molecular formula is C12H20N2O4S. The number of nitrogens with two attached hydrogens (primary N) is 1. The maximum Gasteiger partial charge on any atom is 0.337 e. The van der Waals surface area contributed by atoms with E-state index < -0.39 is 11.9 Å². The molecule has 0 fully saturated rings. The number of ether oxygens (including phenoxy) is 2. The summed E-state index contributed by atoms with van der Waals surface area (Å²) in [5, 5.41) is 0. The van der Waals surface area contributed by atoms with Crippen molar-refractivity contribution in [3.63, 3.8) is 0 Å². The van der Waals surface area contributed by atoms with E-state index >= 15 is 0 Å². The van der Waals surface area contributed by atoms with E-state index in [4.69, 9.17) is 5.73 Å². The van der Waals surface area contributed by atoms with Gasteiger partial charge in [-0.1, -0.05) is 0 Å². The highest BCUT2D eigenvalue weighted by molar-refractivity contribution is 7.79. The topological polar surface area (TPSA) is 81.9 Å². The van der Waals surface area contributed by atoms with Gasteiger partial charge in [0.25, 0.3) is 0 Å². The van der Waals surface area contributed by atoms with Crippen molar-refractivity contribution in [2.45, 2.75) is 13.3 Å². The molecule has 0 unspecified atom stereocenters. The first-order valence-corrected chi connectivity index (χ1v) is 6.51. The minimum atomic E-state index is -0.532. The van der Waals surface area contributed by atoms with Crippen LogP contribution in [0.25, 0.3) is 0 Å². The van der Waals surface area contributed by atoms with E-state index in [0.717, 1.165) is 0 Å². The molecule has 0 radical (unpaired) electrons. The van der Waals surface area contributed by atoms with Crippen LogP contribution in [0.15, 0.2) is 23.2 Å². The SMILES string of the molecule is CCN1C=C(C(=O)OC)CC(C(=O)OC)=C1N.CS. The van der Waals surface area contributed by atoms with Crippen molar-refractivity contribution in [3.8, 4) is 0 Å². The molecule has 2 N–H and O–H groups in total. The van der Waals surface area contributed by atoms with Gasteiger partial charge in [-0.2, -0.15) is 12.6 Å². The molecule has 0 spiro atoms. The fourth-order valence-corrected chi connectivity index (χ4v) is 1.58. The van der Waals surface area contributed by atoms with Crippen molar-refractivity contribution in [2.24, 2.45) is 5.73 Å². The molecule has 1 rings (SSSR count). The van der Waals surface area contributed by atoms with Gasteiger partial charge in [-0.15, -0.1) is 0 Å². The molecule has 108 valence electrons. The second kappa shape index (κ2) is 8.47. The maximum absolute atomic E-state index is 11.5. The number of esters is 2. The largest absolute Gasteiger partial charge is 0.466 e. The number of rotatable bonds is 3. The summed E-state index contributed by atoms with van der Waals surface area (Å²) in [5.74, 6) is -0.695. The monoisotopic (exact) mass is 288 g/mol. The Morgan fingerprint density at radius 3 is 2.26 bits per heavy atom. The zero-order valence-electron chi connectivity index (χ0n) is 11.6. The summed E-state index contributed by atoms with van der Waals surface area (Å²) in [6.07, 6.45) is 3.41. The number of methoxy groups -OCH3 is 2. The normalized spacial score (nSPS) is 14.2.